The molecule has 5 nitrogen and oxygen atoms in total. The van der Waals surface area contributed by atoms with Crippen LogP contribution < -0.4 is 5.32 Å². The largest absolute Gasteiger partial charge is 0.459 e. The number of halogens is 2. The fraction of sp³-hybridized carbons (Fsp3) is 0.238. The maximum absolute atomic E-state index is 6.38. The van der Waals surface area contributed by atoms with E-state index in [4.69, 9.17) is 44.6 Å². The van der Waals surface area contributed by atoms with Crippen LogP contribution in [0.3, 0.4) is 0 Å². The van der Waals surface area contributed by atoms with Crippen molar-refractivity contribution in [3.8, 4) is 11.3 Å². The van der Waals surface area contributed by atoms with Gasteiger partial charge in [0, 0.05) is 25.4 Å². The van der Waals surface area contributed by atoms with Gasteiger partial charge in [-0.2, -0.15) is 0 Å². The molecule has 4 rings (SSSR count). The maximum Gasteiger partial charge on any atom is 0.170 e. The van der Waals surface area contributed by atoms with Crippen LogP contribution in [-0.4, -0.2) is 35.3 Å². The van der Waals surface area contributed by atoms with Crippen molar-refractivity contribution in [1.82, 2.24) is 15.2 Å². The van der Waals surface area contributed by atoms with Gasteiger partial charge in [0.05, 0.1) is 28.4 Å². The molecule has 150 valence electrons. The van der Waals surface area contributed by atoms with Gasteiger partial charge in [-0.25, -0.2) is 0 Å². The van der Waals surface area contributed by atoms with Crippen LogP contribution in [0.15, 0.2) is 59.1 Å². The lowest BCUT2D eigenvalue weighted by Crippen LogP contribution is -2.32. The van der Waals surface area contributed by atoms with Gasteiger partial charge in [-0.15, -0.1) is 0 Å². The Balaban J connectivity index is 1.73. The first-order chi connectivity index (χ1) is 14.1. The molecule has 29 heavy (non-hydrogen) atoms. The van der Waals surface area contributed by atoms with E-state index in [1.807, 2.05) is 42.5 Å². The van der Waals surface area contributed by atoms with E-state index in [0.717, 1.165) is 17.0 Å². The van der Waals surface area contributed by atoms with Gasteiger partial charge in [-0.1, -0.05) is 35.3 Å². The summed E-state index contributed by atoms with van der Waals surface area (Å²) in [6.45, 7) is 1.17. The van der Waals surface area contributed by atoms with Crippen molar-refractivity contribution in [2.45, 2.75) is 12.1 Å². The Labute approximate surface area is 184 Å². The minimum atomic E-state index is -0.167. The molecule has 0 spiro atoms. The summed E-state index contributed by atoms with van der Waals surface area (Å²) in [5.74, 6) is 1.41. The number of furan rings is 1. The van der Waals surface area contributed by atoms with Gasteiger partial charge in [0.25, 0.3) is 0 Å². The molecule has 0 unspecified atom stereocenters. The van der Waals surface area contributed by atoms with Crippen LogP contribution in [0.25, 0.3) is 11.3 Å². The second kappa shape index (κ2) is 8.71. The van der Waals surface area contributed by atoms with Crippen LogP contribution in [0.1, 0.15) is 23.5 Å². The molecule has 0 bridgehead atoms. The molecule has 0 radical (unpaired) electrons. The van der Waals surface area contributed by atoms with Crippen molar-refractivity contribution < 1.29 is 9.15 Å². The molecular formula is C21H19Cl2N3O2S. The van der Waals surface area contributed by atoms with Gasteiger partial charge in [-0.05, 0) is 48.6 Å². The molecule has 2 atom stereocenters. The maximum atomic E-state index is 6.38. The van der Waals surface area contributed by atoms with Gasteiger partial charge in [-0.3, -0.25) is 4.98 Å². The second-order valence-corrected chi connectivity index (χ2v) is 7.79. The van der Waals surface area contributed by atoms with E-state index in [2.05, 4.69) is 15.2 Å². The van der Waals surface area contributed by atoms with Gasteiger partial charge < -0.3 is 19.4 Å². The minimum absolute atomic E-state index is 0.144. The fourth-order valence-electron chi connectivity index (χ4n) is 3.50. The number of hydrogen-bond acceptors (Lipinski definition) is 4. The van der Waals surface area contributed by atoms with Crippen molar-refractivity contribution in [2.75, 3.05) is 20.3 Å². The molecule has 1 fully saturated rings. The lowest BCUT2D eigenvalue weighted by Gasteiger charge is -2.25. The van der Waals surface area contributed by atoms with Crippen molar-refractivity contribution >= 4 is 40.5 Å². The third-order valence-electron chi connectivity index (χ3n) is 4.87. The predicted molar refractivity (Wildman–Crippen MR) is 118 cm³/mol. The smallest absolute Gasteiger partial charge is 0.170 e. The highest BCUT2D eigenvalue weighted by molar-refractivity contribution is 7.80. The Kier molecular flexibility index (Phi) is 6.06. The van der Waals surface area contributed by atoms with Crippen LogP contribution in [0.5, 0.6) is 0 Å². The lowest BCUT2D eigenvalue weighted by molar-refractivity contribution is 0.158. The van der Waals surface area contributed by atoms with E-state index in [1.165, 1.54) is 0 Å². The number of methoxy groups -OCH3 is 1. The normalized spacial score (nSPS) is 18.9. The first-order valence-electron chi connectivity index (χ1n) is 9.11. The van der Waals surface area contributed by atoms with Crippen LogP contribution in [0.2, 0.25) is 10.0 Å². The summed E-state index contributed by atoms with van der Waals surface area (Å²) in [4.78, 5) is 6.59. The summed E-state index contributed by atoms with van der Waals surface area (Å²) in [5, 5.41) is 4.97. The Hall–Kier alpha value is -2.12. The van der Waals surface area contributed by atoms with E-state index in [-0.39, 0.29) is 12.1 Å². The second-order valence-electron chi connectivity index (χ2n) is 6.62. The molecule has 1 aromatic carbocycles. The molecule has 1 saturated heterocycles. The van der Waals surface area contributed by atoms with Crippen LogP contribution in [0, 0.1) is 0 Å². The average molecular weight is 448 g/mol. The number of benzene rings is 1. The summed E-state index contributed by atoms with van der Waals surface area (Å²) in [7, 11) is 1.67. The van der Waals surface area contributed by atoms with Crippen molar-refractivity contribution in [3.63, 3.8) is 0 Å². The number of aromatic nitrogens is 1. The average Bonchev–Trinajstić information content (AvgIpc) is 3.33. The number of hydrogen-bond donors (Lipinski definition) is 1. The first-order valence-corrected chi connectivity index (χ1v) is 10.3. The zero-order valence-electron chi connectivity index (χ0n) is 15.6. The summed E-state index contributed by atoms with van der Waals surface area (Å²) >= 11 is 18.1. The number of thiocarbonyl (C=S) groups is 1. The van der Waals surface area contributed by atoms with E-state index < -0.39 is 0 Å². The molecule has 3 heterocycles. The molecule has 2 aromatic heterocycles. The fourth-order valence-corrected chi connectivity index (χ4v) is 4.22. The minimum Gasteiger partial charge on any atom is -0.459 e. The number of nitrogens with one attached hydrogen (secondary N) is 1. The molecule has 1 aliphatic heterocycles. The summed E-state index contributed by atoms with van der Waals surface area (Å²) in [6, 6.07) is 14.8. The third-order valence-corrected chi connectivity index (χ3v) is 6.04. The zero-order chi connectivity index (χ0) is 20.4. The quantitative estimate of drug-likeness (QED) is 0.519. The third kappa shape index (κ3) is 3.98. The Morgan fingerprint density at radius 3 is 2.79 bits per heavy atom. The molecule has 0 aliphatic carbocycles. The zero-order valence-corrected chi connectivity index (χ0v) is 18.0. The highest BCUT2D eigenvalue weighted by atomic mass is 35.5. The number of nitrogens with zero attached hydrogens (tertiary/aromatic N) is 2. The molecule has 3 aromatic rings. The number of ether oxygens (including phenoxy) is 1. The highest BCUT2D eigenvalue weighted by Gasteiger charge is 2.41. The first kappa shape index (κ1) is 20.2. The van der Waals surface area contributed by atoms with E-state index in [9.17, 15) is 0 Å². The lowest BCUT2D eigenvalue weighted by atomic mass is 10.0. The SMILES string of the molecule is COCCN1C(=S)N[C@H](c2ccccn2)[C@H]1c1ccc(-c2cccc(Cl)c2Cl)o1. The van der Waals surface area contributed by atoms with Crippen LogP contribution in [-0.2, 0) is 4.74 Å². The van der Waals surface area contributed by atoms with E-state index in [1.54, 1.807) is 19.4 Å². The van der Waals surface area contributed by atoms with Gasteiger partial charge in [0.1, 0.15) is 17.6 Å². The standard InChI is InChI=1S/C21H19Cl2N3O2S/c1-27-12-11-26-20(19(25-21(26)29)15-7-2-3-10-24-15)17-9-8-16(28-17)13-5-4-6-14(22)18(13)23/h2-10,19-20H,11-12H2,1H3,(H,25,29)/t19-,20-/m1/s1. The van der Waals surface area contributed by atoms with Gasteiger partial charge in [0.15, 0.2) is 5.11 Å². The summed E-state index contributed by atoms with van der Waals surface area (Å²) in [6.07, 6.45) is 1.77. The summed E-state index contributed by atoms with van der Waals surface area (Å²) < 4.78 is 11.5. The van der Waals surface area contributed by atoms with Gasteiger partial charge in [0.2, 0.25) is 0 Å². The highest BCUT2D eigenvalue weighted by Crippen LogP contribution is 2.41. The molecular weight excluding hydrogens is 429 g/mol. The number of pyridine rings is 1. The molecule has 0 amide bonds. The van der Waals surface area contributed by atoms with Crippen LogP contribution >= 0.6 is 35.4 Å². The Morgan fingerprint density at radius 2 is 2.03 bits per heavy atom. The molecule has 1 aliphatic rings. The Bertz CT molecular complexity index is 1010. The van der Waals surface area contributed by atoms with Crippen LogP contribution in [0.4, 0.5) is 0 Å². The molecule has 8 heteroatoms. The Morgan fingerprint density at radius 1 is 1.17 bits per heavy atom. The topological polar surface area (TPSA) is 50.5 Å². The van der Waals surface area contributed by atoms with E-state index in [0.29, 0.717) is 34.1 Å². The number of rotatable bonds is 6. The predicted octanol–water partition coefficient (Wildman–Crippen LogP) is 5.27. The van der Waals surface area contributed by atoms with Gasteiger partial charge >= 0.3 is 0 Å². The monoisotopic (exact) mass is 447 g/mol. The summed E-state index contributed by atoms with van der Waals surface area (Å²) in [5.41, 5.74) is 1.63. The van der Waals surface area contributed by atoms with Crippen molar-refractivity contribution in [2.24, 2.45) is 0 Å². The van der Waals surface area contributed by atoms with E-state index >= 15 is 0 Å². The molecule has 0 saturated carbocycles. The van der Waals surface area contributed by atoms with Crippen molar-refractivity contribution in [3.05, 3.63) is 76.2 Å². The molecule has 1 N–H and O–H groups in total. The van der Waals surface area contributed by atoms with Crippen molar-refractivity contribution in [1.29, 1.82) is 0 Å².